The lowest BCUT2D eigenvalue weighted by Crippen LogP contribution is -2.43. The topological polar surface area (TPSA) is 96.7 Å². The van der Waals surface area contributed by atoms with Crippen LogP contribution in [0.25, 0.3) is 0 Å². The summed E-state index contributed by atoms with van der Waals surface area (Å²) in [5, 5.41) is 8.35. The number of ether oxygens (including phenoxy) is 1. The molecule has 0 aromatic carbocycles. The van der Waals surface area contributed by atoms with E-state index in [4.69, 9.17) is 4.74 Å². The van der Waals surface area contributed by atoms with Crippen LogP contribution in [-0.4, -0.2) is 61.3 Å². The van der Waals surface area contributed by atoms with Gasteiger partial charge in [0.25, 0.3) is 0 Å². The van der Waals surface area contributed by atoms with E-state index in [-0.39, 0.29) is 5.82 Å². The Bertz CT molecular complexity index is 414. The number of anilines is 1. The Hall–Kier alpha value is -1.93. The number of morpholine rings is 1. The fourth-order valence-electron chi connectivity index (χ4n) is 1.68. The maximum Gasteiger partial charge on any atom is 0.314 e. The average Bonchev–Trinajstić information content (AvgIpc) is 2.92. The lowest BCUT2D eigenvalue weighted by Gasteiger charge is -2.26. The number of aromatic nitrogens is 1. The molecule has 8 heteroatoms. The zero-order valence-corrected chi connectivity index (χ0v) is 10.4. The SMILES string of the molecule is O=C(NCCN1CCOCC1)C(=O)Nc1ccon1. The van der Waals surface area contributed by atoms with Gasteiger partial charge in [0.1, 0.15) is 6.26 Å². The van der Waals surface area contributed by atoms with Gasteiger partial charge in [-0.2, -0.15) is 0 Å². The molecule has 0 spiro atoms. The van der Waals surface area contributed by atoms with E-state index in [1.165, 1.54) is 12.3 Å². The molecule has 0 bridgehead atoms. The fraction of sp³-hybridized carbons (Fsp3) is 0.545. The molecule has 0 unspecified atom stereocenters. The number of carbonyl (C=O) groups excluding carboxylic acids is 2. The highest BCUT2D eigenvalue weighted by atomic mass is 16.5. The van der Waals surface area contributed by atoms with Crippen LogP contribution in [0.3, 0.4) is 0 Å². The average molecular weight is 268 g/mol. The van der Waals surface area contributed by atoms with Crippen molar-refractivity contribution in [3.05, 3.63) is 12.3 Å². The first kappa shape index (κ1) is 13.5. The first-order valence-corrected chi connectivity index (χ1v) is 6.05. The minimum atomic E-state index is -0.754. The van der Waals surface area contributed by atoms with Gasteiger partial charge in [0.05, 0.1) is 13.2 Å². The van der Waals surface area contributed by atoms with E-state index in [0.717, 1.165) is 13.1 Å². The molecule has 104 valence electrons. The van der Waals surface area contributed by atoms with Crippen LogP contribution in [0, 0.1) is 0 Å². The van der Waals surface area contributed by atoms with E-state index in [0.29, 0.717) is 26.3 Å². The highest BCUT2D eigenvalue weighted by molar-refractivity contribution is 6.39. The quantitative estimate of drug-likeness (QED) is 0.684. The lowest BCUT2D eigenvalue weighted by atomic mass is 10.4. The molecule has 0 aliphatic carbocycles. The predicted molar refractivity (Wildman–Crippen MR) is 65.4 cm³/mol. The third-order valence-corrected chi connectivity index (χ3v) is 2.70. The summed E-state index contributed by atoms with van der Waals surface area (Å²) in [6.07, 6.45) is 1.31. The second-order valence-electron chi connectivity index (χ2n) is 4.05. The van der Waals surface area contributed by atoms with Gasteiger partial charge in [0, 0.05) is 32.2 Å². The number of amides is 2. The Kier molecular flexibility index (Phi) is 4.87. The van der Waals surface area contributed by atoms with Gasteiger partial charge in [0.15, 0.2) is 5.82 Å². The summed E-state index contributed by atoms with van der Waals surface area (Å²) in [4.78, 5) is 25.1. The molecule has 1 aromatic heterocycles. The second kappa shape index (κ2) is 6.86. The molecule has 19 heavy (non-hydrogen) atoms. The van der Waals surface area contributed by atoms with Crippen molar-refractivity contribution in [2.45, 2.75) is 0 Å². The normalized spacial score (nSPS) is 16.0. The summed E-state index contributed by atoms with van der Waals surface area (Å²) >= 11 is 0. The van der Waals surface area contributed by atoms with Crippen LogP contribution in [0.1, 0.15) is 0 Å². The summed E-state index contributed by atoms with van der Waals surface area (Å²) in [5.74, 6) is -1.22. The van der Waals surface area contributed by atoms with Crippen molar-refractivity contribution < 1.29 is 18.8 Å². The molecule has 2 N–H and O–H groups in total. The maximum atomic E-state index is 11.5. The molecule has 2 rings (SSSR count). The molecule has 0 atom stereocenters. The molecular weight excluding hydrogens is 252 g/mol. The van der Waals surface area contributed by atoms with Crippen LogP contribution in [0.15, 0.2) is 16.9 Å². The van der Waals surface area contributed by atoms with E-state index in [9.17, 15) is 9.59 Å². The monoisotopic (exact) mass is 268 g/mol. The van der Waals surface area contributed by atoms with Gasteiger partial charge < -0.3 is 14.6 Å². The first-order valence-electron chi connectivity index (χ1n) is 6.05. The molecule has 1 aromatic rings. The van der Waals surface area contributed by atoms with Crippen LogP contribution in [0.5, 0.6) is 0 Å². The van der Waals surface area contributed by atoms with Crippen LogP contribution in [0.2, 0.25) is 0 Å². The van der Waals surface area contributed by atoms with Gasteiger partial charge in [-0.3, -0.25) is 19.8 Å². The van der Waals surface area contributed by atoms with Crippen molar-refractivity contribution >= 4 is 17.6 Å². The largest absolute Gasteiger partial charge is 0.379 e. The smallest absolute Gasteiger partial charge is 0.314 e. The van der Waals surface area contributed by atoms with Crippen LogP contribution >= 0.6 is 0 Å². The van der Waals surface area contributed by atoms with Crippen LogP contribution < -0.4 is 10.6 Å². The number of nitrogens with one attached hydrogen (secondary N) is 2. The summed E-state index contributed by atoms with van der Waals surface area (Å²) in [6, 6.07) is 1.46. The van der Waals surface area contributed by atoms with Crippen LogP contribution in [-0.2, 0) is 14.3 Å². The van der Waals surface area contributed by atoms with Gasteiger partial charge in [0.2, 0.25) is 0 Å². The number of hydrogen-bond acceptors (Lipinski definition) is 6. The first-order chi connectivity index (χ1) is 9.25. The van der Waals surface area contributed by atoms with Gasteiger partial charge in [-0.15, -0.1) is 0 Å². The highest BCUT2D eigenvalue weighted by Gasteiger charge is 2.15. The second-order valence-corrected chi connectivity index (χ2v) is 4.05. The fourth-order valence-corrected chi connectivity index (χ4v) is 1.68. The van der Waals surface area contributed by atoms with E-state index in [1.54, 1.807) is 0 Å². The molecule has 1 fully saturated rings. The number of rotatable bonds is 4. The molecule has 2 heterocycles. The summed E-state index contributed by atoms with van der Waals surface area (Å²) in [6.45, 7) is 4.24. The van der Waals surface area contributed by atoms with E-state index in [2.05, 4.69) is 25.2 Å². The zero-order chi connectivity index (χ0) is 13.5. The lowest BCUT2D eigenvalue weighted by molar-refractivity contribution is -0.136. The Morgan fingerprint density at radius 2 is 2.11 bits per heavy atom. The molecule has 1 saturated heterocycles. The number of carbonyl (C=O) groups is 2. The van der Waals surface area contributed by atoms with Crippen molar-refractivity contribution in [1.82, 2.24) is 15.4 Å². The summed E-state index contributed by atoms with van der Waals surface area (Å²) < 4.78 is 9.76. The zero-order valence-electron chi connectivity index (χ0n) is 10.4. The van der Waals surface area contributed by atoms with Gasteiger partial charge in [-0.25, -0.2) is 0 Å². The molecule has 8 nitrogen and oxygen atoms in total. The van der Waals surface area contributed by atoms with Gasteiger partial charge >= 0.3 is 11.8 Å². The molecule has 1 aliphatic rings. The summed E-state index contributed by atoms with van der Waals surface area (Å²) in [5.41, 5.74) is 0. The Labute approximate surface area is 110 Å². The van der Waals surface area contributed by atoms with Crippen molar-refractivity contribution in [2.75, 3.05) is 44.7 Å². The molecule has 2 amide bonds. The third kappa shape index (κ3) is 4.34. The standard InChI is InChI=1S/C11H16N4O4/c16-10(11(17)13-9-1-6-19-14-9)12-2-3-15-4-7-18-8-5-15/h1,6H,2-5,7-8H2,(H,12,16)(H,13,14,17). The summed E-state index contributed by atoms with van der Waals surface area (Å²) in [7, 11) is 0. The van der Waals surface area contributed by atoms with Crippen molar-refractivity contribution in [3.8, 4) is 0 Å². The Morgan fingerprint density at radius 1 is 1.32 bits per heavy atom. The Morgan fingerprint density at radius 3 is 2.79 bits per heavy atom. The molecule has 0 saturated carbocycles. The molecule has 0 radical (unpaired) electrons. The maximum absolute atomic E-state index is 11.5. The van der Waals surface area contributed by atoms with Gasteiger partial charge in [-0.1, -0.05) is 5.16 Å². The van der Waals surface area contributed by atoms with E-state index >= 15 is 0 Å². The van der Waals surface area contributed by atoms with E-state index < -0.39 is 11.8 Å². The van der Waals surface area contributed by atoms with Crippen molar-refractivity contribution in [3.63, 3.8) is 0 Å². The minimum Gasteiger partial charge on any atom is -0.379 e. The third-order valence-electron chi connectivity index (χ3n) is 2.70. The van der Waals surface area contributed by atoms with Crippen molar-refractivity contribution in [2.24, 2.45) is 0 Å². The van der Waals surface area contributed by atoms with Crippen molar-refractivity contribution in [1.29, 1.82) is 0 Å². The Balaban J connectivity index is 1.64. The highest BCUT2D eigenvalue weighted by Crippen LogP contribution is 2.00. The number of hydrogen-bond donors (Lipinski definition) is 2. The minimum absolute atomic E-state index is 0.216. The molecule has 1 aliphatic heterocycles. The predicted octanol–water partition coefficient (Wildman–Crippen LogP) is -0.938. The number of nitrogens with zero attached hydrogens (tertiary/aromatic N) is 2. The van der Waals surface area contributed by atoms with E-state index in [1.807, 2.05) is 0 Å². The van der Waals surface area contributed by atoms with Crippen LogP contribution in [0.4, 0.5) is 5.82 Å². The van der Waals surface area contributed by atoms with Gasteiger partial charge in [-0.05, 0) is 0 Å². The molecular formula is C11H16N4O4.